The van der Waals surface area contributed by atoms with Gasteiger partial charge in [0.25, 0.3) is 0 Å². The number of aryl methyl sites for hydroxylation is 1. The third-order valence-electron chi connectivity index (χ3n) is 2.10. The van der Waals surface area contributed by atoms with Gasteiger partial charge in [0.05, 0.1) is 22.6 Å². The first-order chi connectivity index (χ1) is 7.15. The predicted octanol–water partition coefficient (Wildman–Crippen LogP) is 1.65. The van der Waals surface area contributed by atoms with Gasteiger partial charge in [-0.2, -0.15) is 0 Å². The van der Waals surface area contributed by atoms with Crippen LogP contribution in [0.3, 0.4) is 0 Å². The van der Waals surface area contributed by atoms with Crippen LogP contribution in [0.2, 0.25) is 0 Å². The maximum absolute atomic E-state index is 4.42. The van der Waals surface area contributed by atoms with Crippen LogP contribution in [0.1, 0.15) is 17.6 Å². The maximum atomic E-state index is 4.42. The molecule has 82 valence electrons. The van der Waals surface area contributed by atoms with Crippen LogP contribution in [0, 0.1) is 6.92 Å². The fourth-order valence-electron chi connectivity index (χ4n) is 1.33. The largest absolute Gasteiger partial charge is 0.352 e. The summed E-state index contributed by atoms with van der Waals surface area (Å²) in [6, 6.07) is 0.442. The van der Waals surface area contributed by atoms with E-state index in [4.69, 9.17) is 0 Å². The molecule has 2 heterocycles. The monoisotopic (exact) mass is 288 g/mol. The summed E-state index contributed by atoms with van der Waals surface area (Å²) in [4.78, 5) is 8.74. The Bertz CT molecular complexity index is 368. The van der Waals surface area contributed by atoms with Crippen molar-refractivity contribution in [2.24, 2.45) is 4.99 Å². The van der Waals surface area contributed by atoms with Crippen molar-refractivity contribution in [2.75, 3.05) is 6.54 Å². The summed E-state index contributed by atoms with van der Waals surface area (Å²) >= 11 is 5.12. The van der Waals surface area contributed by atoms with E-state index in [9.17, 15) is 0 Å². The second-order valence-corrected chi connectivity index (χ2v) is 5.96. The molecule has 0 aliphatic carbocycles. The van der Waals surface area contributed by atoms with E-state index in [1.165, 1.54) is 0 Å². The molecular weight excluding hydrogens is 276 g/mol. The lowest BCUT2D eigenvalue weighted by atomic mass is 10.4. The summed E-state index contributed by atoms with van der Waals surface area (Å²) in [5, 5.41) is 7.56. The van der Waals surface area contributed by atoms with Crippen LogP contribution in [0.4, 0.5) is 0 Å². The van der Waals surface area contributed by atoms with Gasteiger partial charge in [0.15, 0.2) is 5.96 Å². The summed E-state index contributed by atoms with van der Waals surface area (Å²) < 4.78 is 1.11. The summed E-state index contributed by atoms with van der Waals surface area (Å²) in [5.41, 5.74) is 1.05. The molecule has 1 aliphatic rings. The molecule has 0 amide bonds. The highest BCUT2D eigenvalue weighted by atomic mass is 79.9. The van der Waals surface area contributed by atoms with Gasteiger partial charge in [0.1, 0.15) is 5.01 Å². The number of aromatic nitrogens is 1. The van der Waals surface area contributed by atoms with Crippen LogP contribution in [0.15, 0.2) is 8.78 Å². The fraction of sp³-hybridized carbons (Fsp3) is 0.556. The van der Waals surface area contributed by atoms with E-state index in [2.05, 4.69) is 43.5 Å². The molecule has 1 unspecified atom stereocenters. The van der Waals surface area contributed by atoms with Crippen LogP contribution < -0.4 is 10.6 Å². The Labute approximate surface area is 101 Å². The molecule has 0 spiro atoms. The van der Waals surface area contributed by atoms with Crippen LogP contribution >= 0.6 is 27.3 Å². The molecule has 1 aromatic heterocycles. The molecular formula is C9H13BrN4S. The molecule has 0 bridgehead atoms. The topological polar surface area (TPSA) is 49.3 Å². The van der Waals surface area contributed by atoms with E-state index in [-0.39, 0.29) is 0 Å². The van der Waals surface area contributed by atoms with Gasteiger partial charge in [-0.3, -0.25) is 4.99 Å². The first-order valence-corrected chi connectivity index (χ1v) is 6.43. The number of nitrogens with one attached hydrogen (secondary N) is 2. The first-order valence-electron chi connectivity index (χ1n) is 4.82. The lowest BCUT2D eigenvalue weighted by Gasteiger charge is -2.06. The van der Waals surface area contributed by atoms with Gasteiger partial charge in [-0.05, 0) is 29.8 Å². The van der Waals surface area contributed by atoms with Crippen LogP contribution in [-0.4, -0.2) is 23.5 Å². The maximum Gasteiger partial charge on any atom is 0.191 e. The zero-order chi connectivity index (χ0) is 10.8. The van der Waals surface area contributed by atoms with E-state index >= 15 is 0 Å². The summed E-state index contributed by atoms with van der Waals surface area (Å²) in [5.74, 6) is 0.881. The van der Waals surface area contributed by atoms with Gasteiger partial charge in [0, 0.05) is 6.04 Å². The quantitative estimate of drug-likeness (QED) is 0.870. The van der Waals surface area contributed by atoms with Gasteiger partial charge < -0.3 is 10.6 Å². The molecule has 4 nitrogen and oxygen atoms in total. The number of rotatable bonds is 2. The molecule has 2 rings (SSSR count). The Morgan fingerprint density at radius 3 is 3.00 bits per heavy atom. The highest BCUT2D eigenvalue weighted by molar-refractivity contribution is 9.11. The lowest BCUT2D eigenvalue weighted by molar-refractivity contribution is 0.713. The Hall–Kier alpha value is -0.620. The van der Waals surface area contributed by atoms with E-state index in [0.717, 1.165) is 33.5 Å². The molecule has 6 heteroatoms. The molecule has 0 fully saturated rings. The van der Waals surface area contributed by atoms with E-state index in [1.807, 2.05) is 6.92 Å². The van der Waals surface area contributed by atoms with Gasteiger partial charge >= 0.3 is 0 Å². The van der Waals surface area contributed by atoms with E-state index in [1.54, 1.807) is 11.3 Å². The van der Waals surface area contributed by atoms with Crippen molar-refractivity contribution in [3.63, 3.8) is 0 Å². The average molecular weight is 289 g/mol. The number of nitrogens with zero attached hydrogens (tertiary/aromatic N) is 2. The van der Waals surface area contributed by atoms with Crippen molar-refractivity contribution >= 4 is 33.2 Å². The highest BCUT2D eigenvalue weighted by Gasteiger charge is 2.12. The zero-order valence-electron chi connectivity index (χ0n) is 8.67. The van der Waals surface area contributed by atoms with E-state index in [0.29, 0.717) is 6.04 Å². The fourth-order valence-corrected chi connectivity index (χ4v) is 2.70. The molecule has 15 heavy (non-hydrogen) atoms. The molecule has 1 aliphatic heterocycles. The Balaban J connectivity index is 1.88. The normalized spacial score (nSPS) is 19.9. The minimum absolute atomic E-state index is 0.442. The lowest BCUT2D eigenvalue weighted by Crippen LogP contribution is -2.37. The second kappa shape index (κ2) is 4.49. The Kier molecular flexibility index (Phi) is 3.25. The molecule has 0 saturated carbocycles. The number of thiazole rings is 1. The van der Waals surface area contributed by atoms with Crippen LogP contribution in [-0.2, 0) is 6.54 Å². The molecule has 2 N–H and O–H groups in total. The van der Waals surface area contributed by atoms with Crippen molar-refractivity contribution < 1.29 is 0 Å². The third kappa shape index (κ3) is 2.69. The van der Waals surface area contributed by atoms with Crippen molar-refractivity contribution in [1.82, 2.24) is 15.6 Å². The standard InChI is InChI=1S/C9H13BrN4S/c1-5-3-11-9(13-5)12-4-7-14-6(2)8(10)15-7/h5H,3-4H2,1-2H3,(H2,11,12,13). The number of hydrogen-bond donors (Lipinski definition) is 2. The van der Waals surface area contributed by atoms with Crippen molar-refractivity contribution in [3.8, 4) is 0 Å². The number of guanidine groups is 1. The minimum Gasteiger partial charge on any atom is -0.352 e. The van der Waals surface area contributed by atoms with Crippen molar-refractivity contribution in [2.45, 2.75) is 26.4 Å². The molecule has 0 radical (unpaired) electrons. The van der Waals surface area contributed by atoms with Crippen LogP contribution in [0.5, 0.6) is 0 Å². The van der Waals surface area contributed by atoms with Crippen LogP contribution in [0.25, 0.3) is 0 Å². The average Bonchev–Trinajstić information content (AvgIpc) is 2.72. The van der Waals surface area contributed by atoms with E-state index < -0.39 is 0 Å². The van der Waals surface area contributed by atoms with Gasteiger partial charge in [-0.15, -0.1) is 11.3 Å². The Morgan fingerprint density at radius 1 is 1.67 bits per heavy atom. The van der Waals surface area contributed by atoms with Crippen molar-refractivity contribution in [3.05, 3.63) is 14.5 Å². The third-order valence-corrected chi connectivity index (χ3v) is 4.10. The van der Waals surface area contributed by atoms with Crippen molar-refractivity contribution in [1.29, 1.82) is 0 Å². The number of halogens is 1. The number of aliphatic imine (C=N–C) groups is 1. The molecule has 0 saturated heterocycles. The SMILES string of the molecule is Cc1nc(CNC2=NCC(C)N2)sc1Br. The minimum atomic E-state index is 0.442. The Morgan fingerprint density at radius 2 is 2.47 bits per heavy atom. The summed E-state index contributed by atoms with van der Waals surface area (Å²) in [7, 11) is 0. The van der Waals surface area contributed by atoms with Gasteiger partial charge in [0.2, 0.25) is 0 Å². The summed E-state index contributed by atoms with van der Waals surface area (Å²) in [6.07, 6.45) is 0. The molecule has 1 atom stereocenters. The predicted molar refractivity (Wildman–Crippen MR) is 66.3 cm³/mol. The smallest absolute Gasteiger partial charge is 0.191 e. The second-order valence-electron chi connectivity index (χ2n) is 3.55. The zero-order valence-corrected chi connectivity index (χ0v) is 11.1. The molecule has 1 aromatic rings. The number of hydrogen-bond acceptors (Lipinski definition) is 5. The first kappa shape index (κ1) is 10.9. The molecule has 0 aromatic carbocycles. The van der Waals surface area contributed by atoms with Gasteiger partial charge in [-0.25, -0.2) is 4.98 Å². The highest BCUT2D eigenvalue weighted by Crippen LogP contribution is 2.23. The summed E-state index contributed by atoms with van der Waals surface area (Å²) in [6.45, 7) is 5.69. The van der Waals surface area contributed by atoms with Gasteiger partial charge in [-0.1, -0.05) is 0 Å².